The van der Waals surface area contributed by atoms with Crippen LogP contribution in [0.25, 0.3) is 11.0 Å². The third-order valence-electron chi connectivity index (χ3n) is 2.35. The fourth-order valence-electron chi connectivity index (χ4n) is 1.51. The van der Waals surface area contributed by atoms with Crippen molar-refractivity contribution in [3.8, 4) is 0 Å². The quantitative estimate of drug-likeness (QED) is 0.787. The van der Waals surface area contributed by atoms with E-state index in [1.54, 1.807) is 25.1 Å². The summed E-state index contributed by atoms with van der Waals surface area (Å²) in [4.78, 5) is 0.360. The van der Waals surface area contributed by atoms with Crippen molar-refractivity contribution in [2.24, 2.45) is 0 Å². The number of benzene rings is 1. The van der Waals surface area contributed by atoms with Gasteiger partial charge < -0.3 is 4.42 Å². The van der Waals surface area contributed by atoms with Crippen molar-refractivity contribution < 1.29 is 12.8 Å². The highest BCUT2D eigenvalue weighted by atomic mass is 32.2. The molecule has 0 atom stereocenters. The fourth-order valence-corrected chi connectivity index (χ4v) is 2.43. The number of rotatable bonds is 2. The van der Waals surface area contributed by atoms with Crippen LogP contribution in [0, 0.1) is 6.92 Å². The molecule has 0 amide bonds. The molecule has 0 fully saturated rings. The molecule has 0 aliphatic heterocycles. The molecule has 15 heavy (non-hydrogen) atoms. The lowest BCUT2D eigenvalue weighted by molar-refractivity contribution is 0.578. The van der Waals surface area contributed by atoms with Gasteiger partial charge in [-0.2, -0.15) is 0 Å². The van der Waals surface area contributed by atoms with Gasteiger partial charge in [-0.15, -0.1) is 0 Å². The first-order valence-corrected chi connectivity index (χ1v) is 6.41. The molecule has 0 unspecified atom stereocenters. The summed E-state index contributed by atoms with van der Waals surface area (Å²) >= 11 is 0. The van der Waals surface area contributed by atoms with E-state index in [0.717, 1.165) is 16.7 Å². The predicted molar refractivity (Wildman–Crippen MR) is 58.7 cm³/mol. The van der Waals surface area contributed by atoms with Gasteiger partial charge in [-0.25, -0.2) is 8.42 Å². The van der Waals surface area contributed by atoms with Crippen LogP contribution in [0.1, 0.15) is 12.7 Å². The zero-order chi connectivity index (χ0) is 11.1. The number of fused-ring (bicyclic) bond motifs is 1. The molecule has 0 saturated carbocycles. The molecule has 1 aromatic carbocycles. The first kappa shape index (κ1) is 10.2. The lowest BCUT2D eigenvalue weighted by Crippen LogP contribution is -2.02. The Labute approximate surface area is 88.6 Å². The summed E-state index contributed by atoms with van der Waals surface area (Å²) in [6, 6.07) is 6.78. The van der Waals surface area contributed by atoms with E-state index < -0.39 is 9.84 Å². The summed E-state index contributed by atoms with van der Waals surface area (Å²) in [5.74, 6) is 0.908. The Bertz CT molecular complexity index is 593. The molecule has 3 nitrogen and oxygen atoms in total. The Morgan fingerprint density at radius 1 is 1.27 bits per heavy atom. The van der Waals surface area contributed by atoms with Gasteiger partial charge >= 0.3 is 0 Å². The highest BCUT2D eigenvalue weighted by Gasteiger charge is 2.12. The first-order valence-electron chi connectivity index (χ1n) is 4.76. The van der Waals surface area contributed by atoms with Crippen LogP contribution < -0.4 is 0 Å². The highest BCUT2D eigenvalue weighted by molar-refractivity contribution is 7.91. The normalized spacial score (nSPS) is 12.1. The Balaban J connectivity index is 2.66. The lowest BCUT2D eigenvalue weighted by atomic mass is 10.2. The molecule has 0 bridgehead atoms. The van der Waals surface area contributed by atoms with E-state index in [2.05, 4.69) is 0 Å². The molecule has 80 valence electrons. The van der Waals surface area contributed by atoms with Crippen LogP contribution in [0.15, 0.2) is 33.6 Å². The molecule has 4 heteroatoms. The van der Waals surface area contributed by atoms with Gasteiger partial charge in [0.15, 0.2) is 9.84 Å². The molecular formula is C11H12O3S. The summed E-state index contributed by atoms with van der Waals surface area (Å²) < 4.78 is 28.6. The molecule has 0 spiro atoms. The zero-order valence-electron chi connectivity index (χ0n) is 8.65. The number of sulfone groups is 1. The predicted octanol–water partition coefficient (Wildman–Crippen LogP) is 2.53. The Morgan fingerprint density at radius 3 is 2.67 bits per heavy atom. The molecule has 0 aliphatic rings. The van der Waals surface area contributed by atoms with Crippen LogP contribution in [-0.4, -0.2) is 14.2 Å². The third-order valence-corrected chi connectivity index (χ3v) is 4.08. The summed E-state index contributed by atoms with van der Waals surface area (Å²) in [6.07, 6.45) is 0. The van der Waals surface area contributed by atoms with Crippen molar-refractivity contribution in [1.29, 1.82) is 0 Å². The van der Waals surface area contributed by atoms with Crippen LogP contribution >= 0.6 is 0 Å². The van der Waals surface area contributed by atoms with E-state index in [0.29, 0.717) is 4.90 Å². The minimum Gasteiger partial charge on any atom is -0.461 e. The van der Waals surface area contributed by atoms with Crippen LogP contribution in [0.5, 0.6) is 0 Å². The molecule has 0 radical (unpaired) electrons. The topological polar surface area (TPSA) is 47.3 Å². The maximum Gasteiger partial charge on any atom is 0.178 e. The Morgan fingerprint density at radius 2 is 2.00 bits per heavy atom. The summed E-state index contributed by atoms with van der Waals surface area (Å²) in [7, 11) is -3.12. The first-order chi connectivity index (χ1) is 7.03. The minimum atomic E-state index is -3.12. The Kier molecular flexibility index (Phi) is 2.31. The van der Waals surface area contributed by atoms with Crippen molar-refractivity contribution >= 4 is 20.8 Å². The maximum absolute atomic E-state index is 11.6. The summed E-state index contributed by atoms with van der Waals surface area (Å²) in [6.45, 7) is 3.48. The number of aryl methyl sites for hydroxylation is 1. The standard InChI is InChI=1S/C11H12O3S/c1-3-15(12,13)10-4-5-11-9(7-10)6-8(2)14-11/h4-7H,3H2,1-2H3. The molecule has 0 N–H and O–H groups in total. The van der Waals surface area contributed by atoms with Gasteiger partial charge in [0.1, 0.15) is 11.3 Å². The largest absolute Gasteiger partial charge is 0.461 e. The summed E-state index contributed by atoms with van der Waals surface area (Å²) in [5.41, 5.74) is 0.725. The van der Waals surface area contributed by atoms with Crippen LogP contribution in [0.2, 0.25) is 0 Å². The third kappa shape index (κ3) is 1.77. The van der Waals surface area contributed by atoms with Gasteiger partial charge in [0.05, 0.1) is 10.6 Å². The van der Waals surface area contributed by atoms with E-state index >= 15 is 0 Å². The molecular weight excluding hydrogens is 212 g/mol. The van der Waals surface area contributed by atoms with Gasteiger partial charge in [0.25, 0.3) is 0 Å². The molecule has 1 aromatic heterocycles. The van der Waals surface area contributed by atoms with Gasteiger partial charge in [-0.3, -0.25) is 0 Å². The Hall–Kier alpha value is -1.29. The monoisotopic (exact) mass is 224 g/mol. The smallest absolute Gasteiger partial charge is 0.178 e. The number of hydrogen-bond donors (Lipinski definition) is 0. The zero-order valence-corrected chi connectivity index (χ0v) is 9.47. The molecule has 0 aliphatic carbocycles. The van der Waals surface area contributed by atoms with Crippen molar-refractivity contribution in [3.05, 3.63) is 30.0 Å². The van der Waals surface area contributed by atoms with E-state index in [9.17, 15) is 8.42 Å². The highest BCUT2D eigenvalue weighted by Crippen LogP contribution is 2.22. The number of furan rings is 1. The molecule has 2 rings (SSSR count). The SMILES string of the molecule is CCS(=O)(=O)c1ccc2oc(C)cc2c1. The van der Waals surface area contributed by atoms with Gasteiger partial charge in [0, 0.05) is 5.39 Å². The van der Waals surface area contributed by atoms with Gasteiger partial charge in [0.2, 0.25) is 0 Å². The van der Waals surface area contributed by atoms with Crippen molar-refractivity contribution in [2.45, 2.75) is 18.7 Å². The second-order valence-corrected chi connectivity index (χ2v) is 5.74. The van der Waals surface area contributed by atoms with Crippen LogP contribution in [0.4, 0.5) is 0 Å². The maximum atomic E-state index is 11.6. The molecule has 1 heterocycles. The molecule has 2 aromatic rings. The van der Waals surface area contributed by atoms with Crippen molar-refractivity contribution in [2.75, 3.05) is 5.75 Å². The second-order valence-electron chi connectivity index (χ2n) is 3.46. The van der Waals surface area contributed by atoms with E-state index in [-0.39, 0.29) is 5.75 Å². The van der Waals surface area contributed by atoms with Crippen molar-refractivity contribution in [1.82, 2.24) is 0 Å². The summed E-state index contributed by atoms with van der Waals surface area (Å²) in [5, 5.41) is 0.835. The second kappa shape index (κ2) is 3.38. The van der Waals surface area contributed by atoms with Gasteiger partial charge in [-0.1, -0.05) is 6.92 Å². The average Bonchev–Trinajstić information content (AvgIpc) is 2.56. The van der Waals surface area contributed by atoms with Crippen LogP contribution in [-0.2, 0) is 9.84 Å². The van der Waals surface area contributed by atoms with Crippen molar-refractivity contribution in [3.63, 3.8) is 0 Å². The van der Waals surface area contributed by atoms with Crippen LogP contribution in [0.3, 0.4) is 0 Å². The van der Waals surface area contributed by atoms with E-state index in [1.807, 2.05) is 13.0 Å². The van der Waals surface area contributed by atoms with Gasteiger partial charge in [-0.05, 0) is 31.2 Å². The average molecular weight is 224 g/mol. The number of hydrogen-bond acceptors (Lipinski definition) is 3. The van der Waals surface area contributed by atoms with E-state index in [1.165, 1.54) is 0 Å². The minimum absolute atomic E-state index is 0.120. The lowest BCUT2D eigenvalue weighted by Gasteiger charge is -1.99. The van der Waals surface area contributed by atoms with E-state index in [4.69, 9.17) is 4.42 Å². The molecule has 0 saturated heterocycles. The fraction of sp³-hybridized carbons (Fsp3) is 0.273.